The molecule has 18 heavy (non-hydrogen) atoms. The molecule has 0 radical (unpaired) electrons. The van der Waals surface area contributed by atoms with Crippen LogP contribution in [-0.4, -0.2) is 30.1 Å². The van der Waals surface area contributed by atoms with Crippen molar-refractivity contribution in [3.8, 4) is 0 Å². The molecule has 1 aliphatic heterocycles. The summed E-state index contributed by atoms with van der Waals surface area (Å²) >= 11 is 0. The number of carbonyl (C=O) groups is 1. The van der Waals surface area contributed by atoms with Gasteiger partial charge in [-0.1, -0.05) is 12.1 Å². The van der Waals surface area contributed by atoms with Crippen LogP contribution in [0.4, 0.5) is 9.18 Å². The minimum absolute atomic E-state index is 0.0637. The Balaban J connectivity index is 1.97. The highest BCUT2D eigenvalue weighted by molar-refractivity contribution is 5.77. The van der Waals surface area contributed by atoms with E-state index in [1.165, 1.54) is 12.1 Å². The van der Waals surface area contributed by atoms with Crippen LogP contribution < -0.4 is 11.1 Å². The van der Waals surface area contributed by atoms with Crippen LogP contribution in [-0.2, 0) is 0 Å². The lowest BCUT2D eigenvalue weighted by Crippen LogP contribution is -2.32. The quantitative estimate of drug-likeness (QED) is 0.854. The van der Waals surface area contributed by atoms with Crippen molar-refractivity contribution in [3.05, 3.63) is 35.6 Å². The molecule has 0 aromatic heterocycles. The van der Waals surface area contributed by atoms with Crippen molar-refractivity contribution in [2.24, 2.45) is 5.73 Å². The van der Waals surface area contributed by atoms with Crippen molar-refractivity contribution in [2.75, 3.05) is 13.1 Å². The average Bonchev–Trinajstić information content (AvgIpc) is 2.69. The van der Waals surface area contributed by atoms with Gasteiger partial charge in [0.25, 0.3) is 0 Å². The summed E-state index contributed by atoms with van der Waals surface area (Å²) in [5.74, 6) is -0.267. The van der Waals surface area contributed by atoms with Crippen LogP contribution in [0.15, 0.2) is 24.3 Å². The van der Waals surface area contributed by atoms with E-state index in [-0.39, 0.29) is 23.9 Å². The second kappa shape index (κ2) is 5.35. The highest BCUT2D eigenvalue weighted by atomic mass is 19.1. The van der Waals surface area contributed by atoms with Gasteiger partial charge in [0.1, 0.15) is 5.82 Å². The van der Waals surface area contributed by atoms with Crippen LogP contribution in [0.1, 0.15) is 24.9 Å². The molecule has 0 saturated carbocycles. The van der Waals surface area contributed by atoms with Crippen molar-refractivity contribution < 1.29 is 9.18 Å². The van der Waals surface area contributed by atoms with Gasteiger partial charge in [0, 0.05) is 19.1 Å². The smallest absolute Gasteiger partial charge is 0.318 e. The Bertz CT molecular complexity index is 419. The number of benzene rings is 1. The van der Waals surface area contributed by atoms with E-state index in [2.05, 4.69) is 5.32 Å². The maximum Gasteiger partial charge on any atom is 0.318 e. The predicted molar refractivity (Wildman–Crippen MR) is 67.5 cm³/mol. The molecule has 5 heteroatoms. The maximum atomic E-state index is 12.8. The molecule has 2 rings (SSSR count). The molecule has 4 nitrogen and oxygen atoms in total. The number of amides is 2. The summed E-state index contributed by atoms with van der Waals surface area (Å²) in [7, 11) is 0. The number of carbonyl (C=O) groups excluding carboxylic acids is 1. The van der Waals surface area contributed by atoms with E-state index >= 15 is 0 Å². The number of nitrogens with two attached hydrogens (primary N) is 1. The molecule has 2 unspecified atom stereocenters. The molecular weight excluding hydrogens is 233 g/mol. The third kappa shape index (κ3) is 2.98. The summed E-state index contributed by atoms with van der Waals surface area (Å²) in [4.78, 5) is 13.5. The Hall–Kier alpha value is -1.62. The standard InChI is InChI=1S/C13H18FN3O/c1-9(15)6-7-17-8-12(16-13(17)18)10-2-4-11(14)5-3-10/h2-5,9,12H,6-8,15H2,1H3,(H,16,18). The Morgan fingerprint density at radius 2 is 2.17 bits per heavy atom. The van der Waals surface area contributed by atoms with Crippen molar-refractivity contribution in [2.45, 2.75) is 25.4 Å². The van der Waals surface area contributed by atoms with Gasteiger partial charge in [-0.3, -0.25) is 0 Å². The molecule has 0 spiro atoms. The second-order valence-corrected chi connectivity index (χ2v) is 4.77. The van der Waals surface area contributed by atoms with Gasteiger partial charge in [0.2, 0.25) is 0 Å². The van der Waals surface area contributed by atoms with E-state index in [4.69, 9.17) is 5.73 Å². The van der Waals surface area contributed by atoms with Gasteiger partial charge in [0.15, 0.2) is 0 Å². The molecule has 1 fully saturated rings. The van der Waals surface area contributed by atoms with Gasteiger partial charge in [0.05, 0.1) is 6.04 Å². The van der Waals surface area contributed by atoms with Gasteiger partial charge in [-0.2, -0.15) is 0 Å². The zero-order valence-corrected chi connectivity index (χ0v) is 10.4. The number of nitrogens with zero attached hydrogens (tertiary/aromatic N) is 1. The number of hydrogen-bond donors (Lipinski definition) is 2. The van der Waals surface area contributed by atoms with E-state index in [1.807, 2.05) is 6.92 Å². The Morgan fingerprint density at radius 1 is 1.50 bits per heavy atom. The summed E-state index contributed by atoms with van der Waals surface area (Å²) < 4.78 is 12.8. The summed E-state index contributed by atoms with van der Waals surface area (Å²) in [5, 5.41) is 2.89. The van der Waals surface area contributed by atoms with Gasteiger partial charge in [-0.05, 0) is 31.0 Å². The van der Waals surface area contributed by atoms with E-state index in [9.17, 15) is 9.18 Å². The number of rotatable bonds is 4. The van der Waals surface area contributed by atoms with Crippen LogP contribution in [0.5, 0.6) is 0 Å². The number of halogens is 1. The predicted octanol–water partition coefficient (Wildman–Crippen LogP) is 1.63. The monoisotopic (exact) mass is 251 g/mol. The van der Waals surface area contributed by atoms with Crippen LogP contribution >= 0.6 is 0 Å². The molecule has 0 aliphatic carbocycles. The van der Waals surface area contributed by atoms with E-state index < -0.39 is 0 Å². The van der Waals surface area contributed by atoms with E-state index in [1.54, 1.807) is 17.0 Å². The summed E-state index contributed by atoms with van der Waals surface area (Å²) in [6.45, 7) is 3.18. The van der Waals surface area contributed by atoms with Crippen LogP contribution in [0, 0.1) is 5.82 Å². The molecule has 1 heterocycles. The second-order valence-electron chi connectivity index (χ2n) is 4.77. The van der Waals surface area contributed by atoms with Gasteiger partial charge >= 0.3 is 6.03 Å². The molecule has 1 aromatic carbocycles. The minimum Gasteiger partial charge on any atom is -0.329 e. The van der Waals surface area contributed by atoms with E-state index in [0.29, 0.717) is 13.1 Å². The first-order valence-corrected chi connectivity index (χ1v) is 6.13. The van der Waals surface area contributed by atoms with Crippen LogP contribution in [0.25, 0.3) is 0 Å². The molecule has 3 N–H and O–H groups in total. The highest BCUT2D eigenvalue weighted by Crippen LogP contribution is 2.20. The van der Waals surface area contributed by atoms with Crippen LogP contribution in [0.3, 0.4) is 0 Å². The molecule has 1 saturated heterocycles. The van der Waals surface area contributed by atoms with Crippen LogP contribution in [0.2, 0.25) is 0 Å². The fraction of sp³-hybridized carbons (Fsp3) is 0.462. The molecule has 0 bridgehead atoms. The van der Waals surface area contributed by atoms with E-state index in [0.717, 1.165) is 12.0 Å². The fourth-order valence-electron chi connectivity index (χ4n) is 2.03. The molecule has 2 amide bonds. The average molecular weight is 251 g/mol. The van der Waals surface area contributed by atoms with Gasteiger partial charge in [-0.25, -0.2) is 9.18 Å². The first-order chi connectivity index (χ1) is 8.56. The Labute approximate surface area is 106 Å². The zero-order valence-electron chi connectivity index (χ0n) is 10.4. The lowest BCUT2D eigenvalue weighted by atomic mass is 10.1. The first kappa shape index (κ1) is 12.8. The summed E-state index contributed by atoms with van der Waals surface area (Å²) in [6, 6.07) is 6.17. The molecule has 98 valence electrons. The normalized spacial score (nSPS) is 20.9. The molecular formula is C13H18FN3O. The Morgan fingerprint density at radius 3 is 2.78 bits per heavy atom. The zero-order chi connectivity index (χ0) is 13.1. The first-order valence-electron chi connectivity index (χ1n) is 6.13. The third-order valence-electron chi connectivity index (χ3n) is 3.11. The minimum atomic E-state index is -0.267. The largest absolute Gasteiger partial charge is 0.329 e. The SMILES string of the molecule is CC(N)CCN1CC(c2ccc(F)cc2)NC1=O. The maximum absolute atomic E-state index is 12.8. The summed E-state index contributed by atoms with van der Waals surface area (Å²) in [6.07, 6.45) is 0.781. The van der Waals surface area contributed by atoms with Gasteiger partial charge in [-0.15, -0.1) is 0 Å². The van der Waals surface area contributed by atoms with Gasteiger partial charge < -0.3 is 16.0 Å². The van der Waals surface area contributed by atoms with Crippen molar-refractivity contribution >= 4 is 6.03 Å². The number of urea groups is 1. The lowest BCUT2D eigenvalue weighted by molar-refractivity contribution is 0.216. The molecule has 1 aromatic rings. The topological polar surface area (TPSA) is 58.4 Å². The highest BCUT2D eigenvalue weighted by Gasteiger charge is 2.29. The number of nitrogens with one attached hydrogen (secondary N) is 1. The molecule has 1 aliphatic rings. The lowest BCUT2D eigenvalue weighted by Gasteiger charge is -2.15. The molecule has 2 atom stereocenters. The number of hydrogen-bond acceptors (Lipinski definition) is 2. The fourth-order valence-corrected chi connectivity index (χ4v) is 2.03. The Kier molecular flexibility index (Phi) is 3.81. The third-order valence-corrected chi connectivity index (χ3v) is 3.11. The summed E-state index contributed by atoms with van der Waals surface area (Å²) in [5.41, 5.74) is 6.60. The van der Waals surface area contributed by atoms with Crippen molar-refractivity contribution in [1.29, 1.82) is 0 Å². The van der Waals surface area contributed by atoms with Crippen molar-refractivity contribution in [3.63, 3.8) is 0 Å². The van der Waals surface area contributed by atoms with Crippen molar-refractivity contribution in [1.82, 2.24) is 10.2 Å².